The fourth-order valence-corrected chi connectivity index (χ4v) is 1.87. The Hall–Kier alpha value is -1.09. The first-order valence-electron chi connectivity index (χ1n) is 4.77. The Kier molecular flexibility index (Phi) is 4.15. The van der Waals surface area contributed by atoms with Gasteiger partial charge in [0.25, 0.3) is 0 Å². The zero-order chi connectivity index (χ0) is 13.2. The maximum atomic E-state index is 12.9. The van der Waals surface area contributed by atoms with Crippen LogP contribution in [-0.4, -0.2) is 49.0 Å². The van der Waals surface area contributed by atoms with Crippen molar-refractivity contribution in [3.63, 3.8) is 0 Å². The Morgan fingerprint density at radius 2 is 1.76 bits per heavy atom. The molecule has 1 heterocycles. The van der Waals surface area contributed by atoms with Crippen molar-refractivity contribution in [3.05, 3.63) is 0 Å². The summed E-state index contributed by atoms with van der Waals surface area (Å²) in [6, 6.07) is 0. The highest BCUT2D eigenvalue weighted by molar-refractivity contribution is 7.81. The van der Waals surface area contributed by atoms with Gasteiger partial charge < -0.3 is 14.6 Å². The lowest BCUT2D eigenvalue weighted by molar-refractivity contribution is -0.152. The number of carbonyl (C=O) groups excluding carboxylic acids is 1. The quantitative estimate of drug-likeness (QED) is 0.711. The van der Waals surface area contributed by atoms with Crippen molar-refractivity contribution in [1.29, 1.82) is 0 Å². The van der Waals surface area contributed by atoms with Gasteiger partial charge in [-0.25, -0.2) is 4.21 Å². The molecule has 1 aliphatic heterocycles. The number of rotatable bonds is 3. The fraction of sp³-hybridized carbons (Fsp3) is 0.750. The van der Waals surface area contributed by atoms with Gasteiger partial charge in [0.05, 0.1) is 5.92 Å². The number of carboxylic acid groups (broad SMARTS) is 1. The molecule has 98 valence electrons. The Labute approximate surface area is 97.9 Å². The first kappa shape index (κ1) is 14.0. The molecule has 1 unspecified atom stereocenters. The highest BCUT2D eigenvalue weighted by Crippen LogP contribution is 2.24. The van der Waals surface area contributed by atoms with E-state index in [0.717, 1.165) is 0 Å². The van der Waals surface area contributed by atoms with Crippen LogP contribution >= 0.6 is 0 Å². The predicted molar refractivity (Wildman–Crippen MR) is 52.7 cm³/mol. The third-order valence-electron chi connectivity index (χ3n) is 2.60. The minimum absolute atomic E-state index is 0.0647. The number of alkyl halides is 2. The van der Waals surface area contributed by atoms with E-state index >= 15 is 0 Å². The van der Waals surface area contributed by atoms with Gasteiger partial charge in [-0.15, -0.1) is 0 Å². The number of aliphatic carboxylic acids is 1. The molecule has 0 aromatic rings. The Bertz CT molecular complexity index is 354. The number of hydrogen-bond donors (Lipinski definition) is 2. The molecule has 17 heavy (non-hydrogen) atoms. The summed E-state index contributed by atoms with van der Waals surface area (Å²) in [4.78, 5) is 22.5. The molecule has 0 spiro atoms. The third kappa shape index (κ3) is 2.97. The summed E-state index contributed by atoms with van der Waals surface area (Å²) >= 11 is -3.57. The van der Waals surface area contributed by atoms with Gasteiger partial charge in [0.2, 0.25) is 11.1 Å². The van der Waals surface area contributed by atoms with Crippen LogP contribution in [0, 0.1) is 5.92 Å². The lowest BCUT2D eigenvalue weighted by Crippen LogP contribution is -2.49. The van der Waals surface area contributed by atoms with Crippen LogP contribution in [-0.2, 0) is 20.7 Å². The molecule has 2 N–H and O–H groups in total. The molecule has 1 rings (SSSR count). The predicted octanol–water partition coefficient (Wildman–Crippen LogP) is 0.124. The Balaban J connectivity index is 2.63. The summed E-state index contributed by atoms with van der Waals surface area (Å²) < 4.78 is 44.4. The second-order valence-corrected chi connectivity index (χ2v) is 4.68. The van der Waals surface area contributed by atoms with Crippen molar-refractivity contribution in [2.24, 2.45) is 5.92 Å². The maximum Gasteiger partial charge on any atom is 0.421 e. The lowest BCUT2D eigenvalue weighted by atomic mass is 9.97. The SMILES string of the molecule is O=C(O)C1CCN(C(=O)C(F)(F)S(=O)O)CC1. The van der Waals surface area contributed by atoms with E-state index in [1.807, 2.05) is 0 Å². The molecule has 9 heteroatoms. The second kappa shape index (κ2) is 5.05. The number of likely N-dealkylation sites (tertiary alicyclic amines) is 1. The standard InChI is InChI=1S/C8H11F2NO5S/c9-8(10,17(15)16)7(14)11-3-1-5(2-4-11)6(12)13/h5H,1-4H2,(H,12,13)(H,15,16). The Morgan fingerprint density at radius 3 is 2.12 bits per heavy atom. The molecular weight excluding hydrogens is 260 g/mol. The summed E-state index contributed by atoms with van der Waals surface area (Å²) in [6.07, 6.45) is 0.129. The van der Waals surface area contributed by atoms with Crippen LogP contribution in [0.4, 0.5) is 8.78 Å². The van der Waals surface area contributed by atoms with Crippen LogP contribution in [0.25, 0.3) is 0 Å². The van der Waals surface area contributed by atoms with Crippen LogP contribution in [0.3, 0.4) is 0 Å². The molecule has 1 fully saturated rings. The summed E-state index contributed by atoms with van der Waals surface area (Å²) in [5.74, 6) is -3.43. The molecule has 1 amide bonds. The van der Waals surface area contributed by atoms with Gasteiger partial charge in [-0.2, -0.15) is 8.78 Å². The minimum Gasteiger partial charge on any atom is -0.481 e. The lowest BCUT2D eigenvalue weighted by Gasteiger charge is -2.31. The molecule has 1 saturated heterocycles. The van der Waals surface area contributed by atoms with E-state index in [-0.39, 0.29) is 25.9 Å². The van der Waals surface area contributed by atoms with Crippen LogP contribution in [0.2, 0.25) is 0 Å². The largest absolute Gasteiger partial charge is 0.481 e. The van der Waals surface area contributed by atoms with E-state index in [0.29, 0.717) is 4.90 Å². The molecule has 0 saturated carbocycles. The fourth-order valence-electron chi connectivity index (χ4n) is 1.59. The van der Waals surface area contributed by atoms with Crippen LogP contribution in [0.5, 0.6) is 0 Å². The number of piperidine rings is 1. The van der Waals surface area contributed by atoms with E-state index in [4.69, 9.17) is 9.66 Å². The van der Waals surface area contributed by atoms with Crippen LogP contribution in [0.15, 0.2) is 0 Å². The summed E-state index contributed by atoms with van der Waals surface area (Å²) in [5.41, 5.74) is 0. The zero-order valence-corrected chi connectivity index (χ0v) is 9.45. The zero-order valence-electron chi connectivity index (χ0n) is 8.64. The first-order chi connectivity index (χ1) is 7.76. The van der Waals surface area contributed by atoms with Crippen molar-refractivity contribution in [1.82, 2.24) is 4.90 Å². The normalized spacial score (nSPS) is 20.1. The molecule has 1 aliphatic rings. The van der Waals surface area contributed by atoms with Gasteiger partial charge >= 0.3 is 17.1 Å². The summed E-state index contributed by atoms with van der Waals surface area (Å²) in [7, 11) is 0. The van der Waals surface area contributed by atoms with Gasteiger partial charge in [0.15, 0.2) is 0 Å². The highest BCUT2D eigenvalue weighted by Gasteiger charge is 2.49. The van der Waals surface area contributed by atoms with Crippen molar-refractivity contribution in [3.8, 4) is 0 Å². The average molecular weight is 271 g/mol. The Morgan fingerprint density at radius 1 is 1.29 bits per heavy atom. The minimum atomic E-state index is -4.34. The summed E-state index contributed by atoms with van der Waals surface area (Å²) in [5, 5.41) is 4.33. The van der Waals surface area contributed by atoms with Gasteiger partial charge in [0, 0.05) is 13.1 Å². The number of hydrogen-bond acceptors (Lipinski definition) is 3. The first-order valence-corrected chi connectivity index (χ1v) is 5.88. The average Bonchev–Trinajstić information content (AvgIpc) is 2.27. The van der Waals surface area contributed by atoms with Crippen LogP contribution in [0.1, 0.15) is 12.8 Å². The van der Waals surface area contributed by atoms with Gasteiger partial charge in [-0.05, 0) is 12.8 Å². The molecule has 0 aliphatic carbocycles. The van der Waals surface area contributed by atoms with Gasteiger partial charge in [-0.3, -0.25) is 9.59 Å². The maximum absolute atomic E-state index is 12.9. The molecule has 6 nitrogen and oxygen atoms in total. The van der Waals surface area contributed by atoms with Crippen molar-refractivity contribution < 1.29 is 32.2 Å². The molecule has 1 atom stereocenters. The molecule has 0 radical (unpaired) electrons. The van der Waals surface area contributed by atoms with Gasteiger partial charge in [0.1, 0.15) is 0 Å². The molecular formula is C8H11F2NO5S. The number of halogens is 2. The van der Waals surface area contributed by atoms with E-state index in [1.54, 1.807) is 0 Å². The number of carbonyl (C=O) groups is 2. The molecule has 0 aromatic heterocycles. The van der Waals surface area contributed by atoms with Crippen molar-refractivity contribution >= 4 is 23.0 Å². The van der Waals surface area contributed by atoms with E-state index < -0.39 is 34.1 Å². The topological polar surface area (TPSA) is 94.9 Å². The molecule has 0 aromatic carbocycles. The van der Waals surface area contributed by atoms with Crippen LogP contribution < -0.4 is 0 Å². The van der Waals surface area contributed by atoms with Crippen molar-refractivity contribution in [2.75, 3.05) is 13.1 Å². The van der Waals surface area contributed by atoms with E-state index in [9.17, 15) is 22.6 Å². The van der Waals surface area contributed by atoms with E-state index in [2.05, 4.69) is 0 Å². The number of nitrogens with zero attached hydrogens (tertiary/aromatic N) is 1. The monoisotopic (exact) mass is 271 g/mol. The number of carboxylic acids is 1. The van der Waals surface area contributed by atoms with Gasteiger partial charge in [-0.1, -0.05) is 0 Å². The molecule has 0 bridgehead atoms. The number of amides is 1. The third-order valence-corrected chi connectivity index (χ3v) is 3.21. The summed E-state index contributed by atoms with van der Waals surface area (Å²) in [6.45, 7) is -0.300. The smallest absolute Gasteiger partial charge is 0.421 e. The van der Waals surface area contributed by atoms with E-state index in [1.165, 1.54) is 0 Å². The highest BCUT2D eigenvalue weighted by atomic mass is 32.2. The van der Waals surface area contributed by atoms with Crippen molar-refractivity contribution in [2.45, 2.75) is 18.1 Å². The second-order valence-electron chi connectivity index (χ2n) is 3.67.